The van der Waals surface area contributed by atoms with Crippen LogP contribution >= 0.6 is 7.92 Å². The summed E-state index contributed by atoms with van der Waals surface area (Å²) < 4.78 is 2.28. The largest absolute Gasteiger partial charge is 0.326 e. The van der Waals surface area contributed by atoms with Gasteiger partial charge in [0.2, 0.25) is 0 Å². The van der Waals surface area contributed by atoms with Gasteiger partial charge in [-0.3, -0.25) is 0 Å². The monoisotopic (exact) mass is 342 g/mol. The van der Waals surface area contributed by atoms with E-state index in [0.29, 0.717) is 0 Å². The lowest BCUT2D eigenvalue weighted by molar-refractivity contribution is 0.825. The zero-order valence-corrected chi connectivity index (χ0v) is 14.8. The minimum absolute atomic E-state index is 0.674. The van der Waals surface area contributed by atoms with Gasteiger partial charge in [-0.25, -0.2) is 4.98 Å². The molecule has 25 heavy (non-hydrogen) atoms. The number of rotatable bonds is 5. The van der Waals surface area contributed by atoms with Gasteiger partial charge in [0, 0.05) is 26.9 Å². The second-order valence-electron chi connectivity index (χ2n) is 5.85. The quantitative estimate of drug-likeness (QED) is 0.506. The van der Waals surface area contributed by atoms with E-state index in [4.69, 9.17) is 4.98 Å². The van der Waals surface area contributed by atoms with Gasteiger partial charge in [0.25, 0.3) is 0 Å². The zero-order valence-electron chi connectivity index (χ0n) is 13.9. The number of aromatic nitrogens is 2. The van der Waals surface area contributed by atoms with Crippen molar-refractivity contribution in [3.63, 3.8) is 0 Å². The molecule has 1 aromatic heterocycles. The molecule has 0 fully saturated rings. The highest BCUT2D eigenvalue weighted by molar-refractivity contribution is 7.79. The van der Waals surface area contributed by atoms with Crippen LogP contribution in [0.3, 0.4) is 0 Å². The van der Waals surface area contributed by atoms with Crippen LogP contribution in [0.15, 0.2) is 103 Å². The second-order valence-corrected chi connectivity index (χ2v) is 7.95. The van der Waals surface area contributed by atoms with Crippen LogP contribution < -0.4 is 16.2 Å². The van der Waals surface area contributed by atoms with Crippen LogP contribution in [0.2, 0.25) is 0 Å². The molecule has 0 N–H and O–H groups in total. The molecule has 0 unspecified atom stereocenters. The maximum Gasteiger partial charge on any atom is 0.140 e. The summed E-state index contributed by atoms with van der Waals surface area (Å²) in [5.74, 6) is 0. The minimum atomic E-state index is -0.674. The molecule has 2 nitrogen and oxygen atoms in total. The van der Waals surface area contributed by atoms with E-state index in [1.54, 1.807) is 0 Å². The average Bonchev–Trinajstić information content (AvgIpc) is 3.12. The van der Waals surface area contributed by atoms with Gasteiger partial charge in [0.05, 0.1) is 0 Å². The normalized spacial score (nSPS) is 10.9. The average molecular weight is 342 g/mol. The Kier molecular flexibility index (Phi) is 4.72. The predicted molar refractivity (Wildman–Crippen MR) is 106 cm³/mol. The van der Waals surface area contributed by atoms with Gasteiger partial charge in [-0.1, -0.05) is 91.0 Å². The van der Waals surface area contributed by atoms with Crippen molar-refractivity contribution in [1.82, 2.24) is 9.55 Å². The molecule has 0 bridgehead atoms. The van der Waals surface area contributed by atoms with Gasteiger partial charge < -0.3 is 4.57 Å². The lowest BCUT2D eigenvalue weighted by Gasteiger charge is -2.19. The molecule has 0 atom stereocenters. The van der Waals surface area contributed by atoms with Crippen molar-refractivity contribution in [1.29, 1.82) is 0 Å². The van der Waals surface area contributed by atoms with E-state index < -0.39 is 7.92 Å². The van der Waals surface area contributed by atoms with E-state index in [-0.39, 0.29) is 0 Å². The first-order chi connectivity index (χ1) is 12.4. The highest BCUT2D eigenvalue weighted by atomic mass is 31.1. The fraction of sp³-hybridized carbons (Fsp3) is 0.0455. The van der Waals surface area contributed by atoms with Gasteiger partial charge >= 0.3 is 0 Å². The number of hydrogen-bond acceptors (Lipinski definition) is 1. The van der Waals surface area contributed by atoms with E-state index in [2.05, 4.69) is 102 Å². The summed E-state index contributed by atoms with van der Waals surface area (Å²) >= 11 is 0. The van der Waals surface area contributed by atoms with E-state index in [1.807, 2.05) is 6.20 Å². The van der Waals surface area contributed by atoms with E-state index in [0.717, 1.165) is 12.1 Å². The number of nitrogens with zero attached hydrogens (tertiary/aromatic N) is 2. The minimum Gasteiger partial charge on any atom is -0.326 e. The highest BCUT2D eigenvalue weighted by Crippen LogP contribution is 2.31. The molecule has 0 aliphatic carbocycles. The Morgan fingerprint density at radius 1 is 0.680 bits per heavy atom. The third-order valence-corrected chi connectivity index (χ3v) is 6.52. The summed E-state index contributed by atoms with van der Waals surface area (Å²) in [5, 5.41) is 2.65. The van der Waals surface area contributed by atoms with Crippen LogP contribution in [0.25, 0.3) is 0 Å². The molecule has 4 aromatic rings. The van der Waals surface area contributed by atoms with Crippen LogP contribution in [0.1, 0.15) is 5.56 Å². The predicted octanol–water partition coefficient (Wildman–Crippen LogP) is 3.69. The summed E-state index contributed by atoms with van der Waals surface area (Å²) in [6, 6.07) is 32.0. The van der Waals surface area contributed by atoms with Gasteiger partial charge in [-0.05, 0) is 16.2 Å². The first kappa shape index (κ1) is 15.8. The van der Waals surface area contributed by atoms with Gasteiger partial charge in [-0.2, -0.15) is 0 Å². The summed E-state index contributed by atoms with van der Waals surface area (Å²) in [6.07, 6.45) is 4.00. The molecule has 0 amide bonds. The van der Waals surface area contributed by atoms with E-state index in [1.165, 1.54) is 16.2 Å². The number of benzene rings is 3. The molecule has 0 saturated heterocycles. The molecule has 0 spiro atoms. The maximum atomic E-state index is 4.76. The maximum absolute atomic E-state index is 4.76. The molecule has 0 saturated carbocycles. The Hall–Kier alpha value is -2.70. The Bertz CT molecular complexity index is 878. The Morgan fingerprint density at radius 3 is 1.76 bits per heavy atom. The zero-order chi connectivity index (χ0) is 16.9. The lowest BCUT2D eigenvalue weighted by atomic mass is 10.2. The summed E-state index contributed by atoms with van der Waals surface area (Å²) in [6.45, 7) is 0.842. The van der Waals surface area contributed by atoms with Crippen LogP contribution in [-0.2, 0) is 6.54 Å². The summed E-state index contributed by atoms with van der Waals surface area (Å²) in [5.41, 5.74) is 2.43. The molecule has 0 aliphatic heterocycles. The van der Waals surface area contributed by atoms with Gasteiger partial charge in [0.15, 0.2) is 0 Å². The summed E-state index contributed by atoms with van der Waals surface area (Å²) in [7, 11) is -0.674. The van der Waals surface area contributed by atoms with Crippen molar-refractivity contribution in [2.24, 2.45) is 0 Å². The highest BCUT2D eigenvalue weighted by Gasteiger charge is 2.21. The molecule has 4 rings (SSSR count). The van der Waals surface area contributed by atoms with Crippen molar-refractivity contribution < 1.29 is 0 Å². The molecule has 122 valence electrons. The van der Waals surface area contributed by atoms with Crippen LogP contribution in [0.4, 0.5) is 0 Å². The van der Waals surface area contributed by atoms with Crippen molar-refractivity contribution in [3.05, 3.63) is 109 Å². The number of imidazole rings is 1. The molecule has 3 heteroatoms. The Morgan fingerprint density at radius 2 is 1.20 bits per heavy atom. The van der Waals surface area contributed by atoms with Crippen LogP contribution in [-0.4, -0.2) is 9.55 Å². The smallest absolute Gasteiger partial charge is 0.140 e. The van der Waals surface area contributed by atoms with Crippen molar-refractivity contribution in [2.75, 3.05) is 0 Å². The topological polar surface area (TPSA) is 17.8 Å². The lowest BCUT2D eigenvalue weighted by Crippen LogP contribution is -2.28. The summed E-state index contributed by atoms with van der Waals surface area (Å²) in [4.78, 5) is 4.76. The molecule has 1 heterocycles. The number of hydrogen-bond donors (Lipinski definition) is 0. The van der Waals surface area contributed by atoms with Gasteiger partial charge in [-0.15, -0.1) is 0 Å². The van der Waals surface area contributed by atoms with E-state index >= 15 is 0 Å². The third-order valence-electron chi connectivity index (χ3n) is 4.12. The molecule has 0 aliphatic rings. The second kappa shape index (κ2) is 7.46. The van der Waals surface area contributed by atoms with Crippen LogP contribution in [0, 0.1) is 0 Å². The molecule has 3 aromatic carbocycles. The third kappa shape index (κ3) is 3.55. The SMILES string of the molecule is c1ccc(Cn2ccnc2P(c2ccccc2)c2ccccc2)cc1. The van der Waals surface area contributed by atoms with Gasteiger partial charge in [0.1, 0.15) is 5.57 Å². The standard InChI is InChI=1S/C22H19N2P/c1-4-10-19(11-5-1)18-24-17-16-23-22(24)25(20-12-6-2-7-13-20)21-14-8-3-9-15-21/h1-17H,18H2. The first-order valence-corrected chi connectivity index (χ1v) is 9.71. The molecular weight excluding hydrogens is 323 g/mol. The van der Waals surface area contributed by atoms with E-state index in [9.17, 15) is 0 Å². The van der Waals surface area contributed by atoms with Crippen molar-refractivity contribution in [2.45, 2.75) is 6.54 Å². The first-order valence-electron chi connectivity index (χ1n) is 8.37. The molecule has 0 radical (unpaired) electrons. The Balaban J connectivity index is 1.78. The fourth-order valence-electron chi connectivity index (χ4n) is 2.95. The van der Waals surface area contributed by atoms with Crippen molar-refractivity contribution >= 4 is 24.1 Å². The van der Waals surface area contributed by atoms with Crippen molar-refractivity contribution in [3.8, 4) is 0 Å². The molecular formula is C22H19N2P. The van der Waals surface area contributed by atoms with Crippen LogP contribution in [0.5, 0.6) is 0 Å². The fourth-order valence-corrected chi connectivity index (χ4v) is 5.22. The Labute approximate surface area is 149 Å².